The summed E-state index contributed by atoms with van der Waals surface area (Å²) in [5, 5.41) is 6.55. The third-order valence-corrected chi connectivity index (χ3v) is 7.12. The second-order valence-corrected chi connectivity index (χ2v) is 9.97. The van der Waals surface area contributed by atoms with Gasteiger partial charge in [0.05, 0.1) is 11.3 Å². The number of anilines is 2. The Hall–Kier alpha value is -2.42. The molecule has 1 saturated carbocycles. The number of aromatic nitrogens is 2. The number of fused-ring (bicyclic) bond motifs is 1. The number of thioether (sulfide) groups is 1. The monoisotopic (exact) mass is 475 g/mol. The fourth-order valence-electron chi connectivity index (χ4n) is 4.69. The second kappa shape index (κ2) is 10.7. The number of carbonyl (C=O) groups excluding carboxylic acids is 1. The van der Waals surface area contributed by atoms with Crippen LogP contribution in [0.15, 0.2) is 29.2 Å². The van der Waals surface area contributed by atoms with Gasteiger partial charge in [-0.2, -0.15) is 13.8 Å². The highest BCUT2D eigenvalue weighted by Gasteiger charge is 2.26. The van der Waals surface area contributed by atoms with Crippen LogP contribution in [0.1, 0.15) is 60.1 Å². The molecule has 2 aliphatic rings. The predicted molar refractivity (Wildman–Crippen MR) is 128 cm³/mol. The summed E-state index contributed by atoms with van der Waals surface area (Å²) in [4.78, 5) is 24.7. The SMILES string of the molecule is CN(C)c1nc(N[C@H]2CC[C@@H](NC(=O)c3ccccc3SC(F)F)CC2)nc2c1CCCC2. The molecule has 0 unspecified atom stereocenters. The minimum atomic E-state index is -2.56. The molecule has 6 nitrogen and oxygen atoms in total. The first-order valence-corrected chi connectivity index (χ1v) is 12.5. The van der Waals surface area contributed by atoms with E-state index in [-0.39, 0.29) is 18.0 Å². The lowest BCUT2D eigenvalue weighted by atomic mass is 9.91. The molecule has 0 spiro atoms. The number of nitrogens with one attached hydrogen (secondary N) is 2. The highest BCUT2D eigenvalue weighted by molar-refractivity contribution is 7.99. The fraction of sp³-hybridized carbons (Fsp3) is 0.542. The van der Waals surface area contributed by atoms with Gasteiger partial charge in [0, 0.05) is 36.6 Å². The summed E-state index contributed by atoms with van der Waals surface area (Å²) < 4.78 is 25.6. The van der Waals surface area contributed by atoms with Crippen LogP contribution >= 0.6 is 11.8 Å². The largest absolute Gasteiger partial charge is 0.362 e. The number of carbonyl (C=O) groups is 1. The molecule has 0 bridgehead atoms. The summed E-state index contributed by atoms with van der Waals surface area (Å²) in [5.41, 5.74) is 2.74. The number of rotatable bonds is 7. The Morgan fingerprint density at radius 1 is 1.06 bits per heavy atom. The Bertz CT molecular complexity index is 979. The number of benzene rings is 1. The molecule has 0 atom stereocenters. The van der Waals surface area contributed by atoms with E-state index in [0.717, 1.165) is 50.0 Å². The highest BCUT2D eigenvalue weighted by Crippen LogP contribution is 2.30. The molecule has 33 heavy (non-hydrogen) atoms. The number of halogens is 2. The van der Waals surface area contributed by atoms with Crippen molar-refractivity contribution in [1.82, 2.24) is 15.3 Å². The highest BCUT2D eigenvalue weighted by atomic mass is 32.2. The van der Waals surface area contributed by atoms with E-state index in [1.165, 1.54) is 18.4 Å². The molecule has 9 heteroatoms. The zero-order valence-corrected chi connectivity index (χ0v) is 19.9. The summed E-state index contributed by atoms with van der Waals surface area (Å²) >= 11 is 0.408. The van der Waals surface area contributed by atoms with Crippen LogP contribution in [0.25, 0.3) is 0 Å². The van der Waals surface area contributed by atoms with Gasteiger partial charge in [-0.3, -0.25) is 4.79 Å². The molecule has 178 valence electrons. The van der Waals surface area contributed by atoms with Gasteiger partial charge >= 0.3 is 0 Å². The van der Waals surface area contributed by atoms with Crippen LogP contribution < -0.4 is 15.5 Å². The quantitative estimate of drug-likeness (QED) is 0.556. The molecule has 2 aromatic rings. The van der Waals surface area contributed by atoms with E-state index in [0.29, 0.717) is 28.2 Å². The molecular weight excluding hydrogens is 444 g/mol. The standard InChI is InChI=1S/C24H31F2N5OS/c1-31(2)21-17-7-3-5-9-19(17)29-24(30-21)28-16-13-11-15(12-14-16)27-22(32)18-8-4-6-10-20(18)33-23(25)26/h4,6,8,10,15-16,23H,3,5,7,9,11-14H2,1-2H3,(H,27,32)(H,28,29,30)/t15-,16+. The van der Waals surface area contributed by atoms with E-state index in [2.05, 4.69) is 15.5 Å². The maximum Gasteiger partial charge on any atom is 0.288 e. The molecule has 1 aromatic carbocycles. The van der Waals surface area contributed by atoms with E-state index in [9.17, 15) is 13.6 Å². The second-order valence-electron chi connectivity index (χ2n) is 8.94. The van der Waals surface area contributed by atoms with Crippen LogP contribution in [0.3, 0.4) is 0 Å². The van der Waals surface area contributed by atoms with Crippen molar-refractivity contribution < 1.29 is 13.6 Å². The lowest BCUT2D eigenvalue weighted by Crippen LogP contribution is -2.40. The number of hydrogen-bond donors (Lipinski definition) is 2. The van der Waals surface area contributed by atoms with Crippen molar-refractivity contribution in [2.75, 3.05) is 24.3 Å². The zero-order valence-electron chi connectivity index (χ0n) is 19.1. The Morgan fingerprint density at radius 2 is 1.76 bits per heavy atom. The van der Waals surface area contributed by atoms with Gasteiger partial charge in [0.15, 0.2) is 0 Å². The molecule has 2 N–H and O–H groups in total. The van der Waals surface area contributed by atoms with Crippen molar-refractivity contribution in [3.63, 3.8) is 0 Å². The van der Waals surface area contributed by atoms with Gasteiger partial charge in [-0.15, -0.1) is 0 Å². The number of nitrogens with zero attached hydrogens (tertiary/aromatic N) is 3. The van der Waals surface area contributed by atoms with Gasteiger partial charge < -0.3 is 15.5 Å². The molecule has 4 rings (SSSR count). The van der Waals surface area contributed by atoms with Crippen LogP contribution in [-0.2, 0) is 12.8 Å². The van der Waals surface area contributed by atoms with E-state index < -0.39 is 5.76 Å². The normalized spacial score (nSPS) is 20.3. The number of hydrogen-bond acceptors (Lipinski definition) is 6. The lowest BCUT2D eigenvalue weighted by molar-refractivity contribution is 0.0923. The summed E-state index contributed by atoms with van der Waals surface area (Å²) in [5.74, 6) is -1.16. The smallest absolute Gasteiger partial charge is 0.288 e. The fourth-order valence-corrected chi connectivity index (χ4v) is 5.33. The van der Waals surface area contributed by atoms with Crippen molar-refractivity contribution in [2.24, 2.45) is 0 Å². The van der Waals surface area contributed by atoms with Crippen LogP contribution in [-0.4, -0.2) is 47.8 Å². The van der Waals surface area contributed by atoms with Gasteiger partial charge in [0.2, 0.25) is 5.95 Å². The summed E-state index contributed by atoms with van der Waals surface area (Å²) in [7, 11) is 4.04. The molecule has 0 saturated heterocycles. The van der Waals surface area contributed by atoms with E-state index in [1.54, 1.807) is 24.3 Å². The average molecular weight is 476 g/mol. The van der Waals surface area contributed by atoms with Gasteiger partial charge in [0.25, 0.3) is 11.7 Å². The van der Waals surface area contributed by atoms with Gasteiger partial charge in [0.1, 0.15) is 5.82 Å². The Labute approximate surface area is 198 Å². The van der Waals surface area contributed by atoms with Crippen molar-refractivity contribution >= 4 is 29.4 Å². The average Bonchev–Trinajstić information content (AvgIpc) is 2.79. The molecule has 2 aliphatic carbocycles. The number of alkyl halides is 2. The third-order valence-electron chi connectivity index (χ3n) is 6.33. The summed E-state index contributed by atoms with van der Waals surface area (Å²) in [6, 6.07) is 6.81. The zero-order chi connectivity index (χ0) is 23.4. The third kappa shape index (κ3) is 5.93. The maximum atomic E-state index is 12.8. The molecular formula is C24H31F2N5OS. The molecule has 1 amide bonds. The Morgan fingerprint density at radius 3 is 2.48 bits per heavy atom. The van der Waals surface area contributed by atoms with Crippen LogP contribution in [0.5, 0.6) is 0 Å². The molecule has 1 heterocycles. The Kier molecular flexibility index (Phi) is 7.67. The minimum absolute atomic E-state index is 0.0296. The summed E-state index contributed by atoms with van der Waals surface area (Å²) in [6.07, 6.45) is 7.79. The van der Waals surface area contributed by atoms with Crippen LogP contribution in [0.4, 0.5) is 20.5 Å². The van der Waals surface area contributed by atoms with Crippen molar-refractivity contribution in [3.05, 3.63) is 41.1 Å². The first-order valence-electron chi connectivity index (χ1n) is 11.6. The Balaban J connectivity index is 1.35. The molecule has 1 fully saturated rings. The first-order chi connectivity index (χ1) is 15.9. The van der Waals surface area contributed by atoms with Crippen molar-refractivity contribution in [1.29, 1.82) is 0 Å². The number of aryl methyl sites for hydroxylation is 1. The first kappa shape index (κ1) is 23.7. The van der Waals surface area contributed by atoms with E-state index in [4.69, 9.17) is 9.97 Å². The molecule has 1 aromatic heterocycles. The topological polar surface area (TPSA) is 70.2 Å². The van der Waals surface area contributed by atoms with Crippen LogP contribution in [0.2, 0.25) is 0 Å². The summed E-state index contributed by atoms with van der Waals surface area (Å²) in [6.45, 7) is 0. The lowest BCUT2D eigenvalue weighted by Gasteiger charge is -2.30. The van der Waals surface area contributed by atoms with Gasteiger partial charge in [-0.05, 0) is 63.5 Å². The van der Waals surface area contributed by atoms with Crippen LogP contribution in [0, 0.1) is 0 Å². The van der Waals surface area contributed by atoms with E-state index in [1.807, 2.05) is 14.1 Å². The van der Waals surface area contributed by atoms with Crippen molar-refractivity contribution in [3.8, 4) is 0 Å². The molecule has 0 aliphatic heterocycles. The van der Waals surface area contributed by atoms with Gasteiger partial charge in [-0.1, -0.05) is 23.9 Å². The van der Waals surface area contributed by atoms with Gasteiger partial charge in [-0.25, -0.2) is 4.98 Å². The van der Waals surface area contributed by atoms with Crippen molar-refractivity contribution in [2.45, 2.75) is 74.1 Å². The maximum absolute atomic E-state index is 12.8. The predicted octanol–water partition coefficient (Wildman–Crippen LogP) is 4.89. The minimum Gasteiger partial charge on any atom is -0.362 e. The molecule has 0 radical (unpaired) electrons. The van der Waals surface area contributed by atoms with E-state index >= 15 is 0 Å². The number of amides is 1.